The zero-order valence-corrected chi connectivity index (χ0v) is 9.04. The molecular weight excluding hydrogens is 172 g/mol. The normalized spacial score (nSPS) is 11.2. The molecule has 0 aliphatic heterocycles. The van der Waals surface area contributed by atoms with E-state index >= 15 is 0 Å². The molecule has 0 radical (unpaired) electrons. The maximum atomic E-state index is 11.2. The highest BCUT2D eigenvalue weighted by molar-refractivity contribution is 5.78. The first kappa shape index (κ1) is 12.9. The Labute approximate surface area is 87.2 Å². The van der Waals surface area contributed by atoms with Crippen molar-refractivity contribution in [3.63, 3.8) is 0 Å². The third kappa shape index (κ3) is 8.98. The minimum atomic E-state index is 0.379. The first-order valence-corrected chi connectivity index (χ1v) is 5.27. The number of allylic oxidation sites excluding steroid dienone is 5. The lowest BCUT2D eigenvalue weighted by Gasteiger charge is -1.95. The fraction of sp³-hybridized carbons (Fsp3) is 0.462. The largest absolute Gasteiger partial charge is 0.300 e. The Kier molecular flexibility index (Phi) is 9.18. The SMILES string of the molecule is C=CC=CC=CCCC(=O)CCCC. The minimum absolute atomic E-state index is 0.379. The lowest BCUT2D eigenvalue weighted by atomic mass is 10.1. The van der Waals surface area contributed by atoms with Crippen LogP contribution in [-0.2, 0) is 4.79 Å². The van der Waals surface area contributed by atoms with Crippen LogP contribution in [0.5, 0.6) is 0 Å². The molecule has 0 amide bonds. The van der Waals surface area contributed by atoms with Gasteiger partial charge < -0.3 is 0 Å². The Morgan fingerprint density at radius 3 is 2.64 bits per heavy atom. The number of rotatable bonds is 8. The monoisotopic (exact) mass is 192 g/mol. The Hall–Kier alpha value is -1.11. The Balaban J connectivity index is 3.43. The molecular formula is C13H20O. The van der Waals surface area contributed by atoms with Gasteiger partial charge in [0.15, 0.2) is 0 Å². The van der Waals surface area contributed by atoms with Gasteiger partial charge in [-0.25, -0.2) is 0 Å². The second-order valence-corrected chi connectivity index (χ2v) is 3.23. The predicted molar refractivity (Wildman–Crippen MR) is 62.2 cm³/mol. The van der Waals surface area contributed by atoms with Gasteiger partial charge in [-0.05, 0) is 12.8 Å². The molecule has 78 valence electrons. The van der Waals surface area contributed by atoms with Crippen LogP contribution in [0.3, 0.4) is 0 Å². The molecule has 0 aromatic carbocycles. The van der Waals surface area contributed by atoms with Crippen molar-refractivity contribution in [1.29, 1.82) is 0 Å². The molecule has 0 N–H and O–H groups in total. The van der Waals surface area contributed by atoms with Crippen LogP contribution in [0, 0.1) is 0 Å². The number of carbonyl (C=O) groups excluding carboxylic acids is 1. The molecule has 0 aliphatic rings. The molecule has 0 aliphatic carbocycles. The second kappa shape index (κ2) is 9.97. The number of hydrogen-bond acceptors (Lipinski definition) is 1. The summed E-state index contributed by atoms with van der Waals surface area (Å²) < 4.78 is 0. The van der Waals surface area contributed by atoms with Gasteiger partial charge in [-0.3, -0.25) is 4.79 Å². The summed E-state index contributed by atoms with van der Waals surface area (Å²) in [5, 5.41) is 0. The van der Waals surface area contributed by atoms with E-state index in [0.29, 0.717) is 12.2 Å². The van der Waals surface area contributed by atoms with Gasteiger partial charge in [0.2, 0.25) is 0 Å². The first-order valence-electron chi connectivity index (χ1n) is 5.27. The maximum absolute atomic E-state index is 11.2. The fourth-order valence-corrected chi connectivity index (χ4v) is 1.06. The van der Waals surface area contributed by atoms with Crippen LogP contribution >= 0.6 is 0 Å². The standard InChI is InChI=1S/C13H20O/c1-3-5-7-8-9-10-12-13(14)11-6-4-2/h3,5,7-9H,1,4,6,10-12H2,2H3. The molecule has 0 fully saturated rings. The quantitative estimate of drug-likeness (QED) is 0.534. The summed E-state index contributed by atoms with van der Waals surface area (Å²) in [5.74, 6) is 0.379. The Morgan fingerprint density at radius 1 is 1.21 bits per heavy atom. The third-order valence-electron chi connectivity index (χ3n) is 1.89. The van der Waals surface area contributed by atoms with E-state index in [0.717, 1.165) is 25.7 Å². The molecule has 0 unspecified atom stereocenters. The van der Waals surface area contributed by atoms with Gasteiger partial charge in [0.05, 0.1) is 0 Å². The maximum Gasteiger partial charge on any atom is 0.133 e. The summed E-state index contributed by atoms with van der Waals surface area (Å²) in [6.07, 6.45) is 13.9. The Morgan fingerprint density at radius 2 is 2.00 bits per heavy atom. The van der Waals surface area contributed by atoms with E-state index in [2.05, 4.69) is 13.5 Å². The average Bonchev–Trinajstić information content (AvgIpc) is 2.20. The third-order valence-corrected chi connectivity index (χ3v) is 1.89. The number of carbonyl (C=O) groups is 1. The lowest BCUT2D eigenvalue weighted by molar-refractivity contribution is -0.119. The van der Waals surface area contributed by atoms with E-state index in [-0.39, 0.29) is 0 Å². The van der Waals surface area contributed by atoms with Crippen molar-refractivity contribution in [2.45, 2.75) is 39.0 Å². The van der Waals surface area contributed by atoms with Gasteiger partial charge in [0.25, 0.3) is 0 Å². The second-order valence-electron chi connectivity index (χ2n) is 3.23. The molecule has 1 nitrogen and oxygen atoms in total. The van der Waals surface area contributed by atoms with Crippen molar-refractivity contribution >= 4 is 5.78 Å². The van der Waals surface area contributed by atoms with Crippen LogP contribution in [0.4, 0.5) is 0 Å². The highest BCUT2D eigenvalue weighted by Crippen LogP contribution is 2.01. The molecule has 0 atom stereocenters. The van der Waals surface area contributed by atoms with E-state index in [1.54, 1.807) is 6.08 Å². The summed E-state index contributed by atoms with van der Waals surface area (Å²) in [5.41, 5.74) is 0. The van der Waals surface area contributed by atoms with E-state index in [1.807, 2.05) is 24.3 Å². The summed E-state index contributed by atoms with van der Waals surface area (Å²) in [7, 11) is 0. The molecule has 0 saturated heterocycles. The predicted octanol–water partition coefficient (Wildman–Crippen LogP) is 3.82. The zero-order valence-electron chi connectivity index (χ0n) is 9.04. The van der Waals surface area contributed by atoms with Crippen LogP contribution in [0.15, 0.2) is 37.0 Å². The lowest BCUT2D eigenvalue weighted by Crippen LogP contribution is -1.95. The van der Waals surface area contributed by atoms with Crippen LogP contribution in [0.1, 0.15) is 39.0 Å². The van der Waals surface area contributed by atoms with E-state index < -0.39 is 0 Å². The van der Waals surface area contributed by atoms with E-state index in [9.17, 15) is 4.79 Å². The molecule has 0 heterocycles. The minimum Gasteiger partial charge on any atom is -0.300 e. The van der Waals surface area contributed by atoms with Crippen molar-refractivity contribution < 1.29 is 4.79 Å². The van der Waals surface area contributed by atoms with E-state index in [1.165, 1.54) is 0 Å². The van der Waals surface area contributed by atoms with Gasteiger partial charge in [0, 0.05) is 12.8 Å². The van der Waals surface area contributed by atoms with Gasteiger partial charge in [0.1, 0.15) is 5.78 Å². The Bertz CT molecular complexity index is 211. The van der Waals surface area contributed by atoms with Crippen molar-refractivity contribution in [1.82, 2.24) is 0 Å². The molecule has 0 rings (SSSR count). The molecule has 0 saturated carbocycles. The number of hydrogen-bond donors (Lipinski definition) is 0. The number of Topliss-reactive ketones (excluding diaryl/α,β-unsaturated/α-hetero) is 1. The molecule has 14 heavy (non-hydrogen) atoms. The van der Waals surface area contributed by atoms with Crippen LogP contribution < -0.4 is 0 Å². The van der Waals surface area contributed by atoms with Crippen molar-refractivity contribution in [3.8, 4) is 0 Å². The summed E-state index contributed by atoms with van der Waals surface area (Å²) in [4.78, 5) is 11.2. The molecule has 0 aromatic rings. The van der Waals surface area contributed by atoms with Crippen molar-refractivity contribution in [3.05, 3.63) is 37.0 Å². The van der Waals surface area contributed by atoms with Gasteiger partial charge in [-0.15, -0.1) is 0 Å². The molecule has 1 heteroatoms. The van der Waals surface area contributed by atoms with Crippen molar-refractivity contribution in [2.75, 3.05) is 0 Å². The molecule has 0 spiro atoms. The van der Waals surface area contributed by atoms with Crippen LogP contribution in [0.2, 0.25) is 0 Å². The topological polar surface area (TPSA) is 17.1 Å². The van der Waals surface area contributed by atoms with Crippen LogP contribution in [-0.4, -0.2) is 5.78 Å². The molecule has 0 aromatic heterocycles. The van der Waals surface area contributed by atoms with Gasteiger partial charge in [-0.2, -0.15) is 0 Å². The first-order chi connectivity index (χ1) is 6.81. The smallest absolute Gasteiger partial charge is 0.133 e. The van der Waals surface area contributed by atoms with Gasteiger partial charge in [-0.1, -0.05) is 50.3 Å². The highest BCUT2D eigenvalue weighted by atomic mass is 16.1. The summed E-state index contributed by atoms with van der Waals surface area (Å²) in [6, 6.07) is 0. The summed E-state index contributed by atoms with van der Waals surface area (Å²) >= 11 is 0. The van der Waals surface area contributed by atoms with E-state index in [4.69, 9.17) is 0 Å². The number of unbranched alkanes of at least 4 members (excludes halogenated alkanes) is 1. The average molecular weight is 192 g/mol. The highest BCUT2D eigenvalue weighted by Gasteiger charge is 1.97. The molecule has 0 bridgehead atoms. The van der Waals surface area contributed by atoms with Crippen LogP contribution in [0.25, 0.3) is 0 Å². The van der Waals surface area contributed by atoms with Crippen molar-refractivity contribution in [2.24, 2.45) is 0 Å². The zero-order chi connectivity index (χ0) is 10.6. The van der Waals surface area contributed by atoms with Gasteiger partial charge >= 0.3 is 0 Å². The number of ketones is 1. The fourth-order valence-electron chi connectivity index (χ4n) is 1.06. The summed E-state index contributed by atoms with van der Waals surface area (Å²) in [6.45, 7) is 5.67.